The van der Waals surface area contributed by atoms with E-state index in [1.54, 1.807) is 0 Å². The summed E-state index contributed by atoms with van der Waals surface area (Å²) in [6.07, 6.45) is 4.95. The number of hydrogen-bond donors (Lipinski definition) is 1. The molecule has 1 N–H and O–H groups in total. The Kier molecular flexibility index (Phi) is 5.68. The highest BCUT2D eigenvalue weighted by molar-refractivity contribution is 8.00. The lowest BCUT2D eigenvalue weighted by Gasteiger charge is -2.30. The fourth-order valence-corrected chi connectivity index (χ4v) is 4.31. The fraction of sp³-hybridized carbons (Fsp3) is 0.571. The molecule has 0 bridgehead atoms. The highest BCUT2D eigenvalue weighted by Gasteiger charge is 2.23. The standard InChI is InChI=1S/C14H19Cl2NS/c1-17-12(13-7-2-3-8-18-13)9-10-5-4-6-11(15)14(10)16/h4-6,12-13,17H,2-3,7-9H2,1H3. The van der Waals surface area contributed by atoms with Crippen LogP contribution in [-0.4, -0.2) is 24.1 Å². The summed E-state index contributed by atoms with van der Waals surface area (Å²) in [6.45, 7) is 0. The Morgan fingerprint density at radius 3 is 2.89 bits per heavy atom. The van der Waals surface area contributed by atoms with Crippen molar-refractivity contribution in [3.8, 4) is 0 Å². The molecule has 1 aromatic carbocycles. The normalized spacial score (nSPS) is 21.8. The van der Waals surface area contributed by atoms with E-state index in [-0.39, 0.29) is 0 Å². The minimum absolute atomic E-state index is 0.478. The van der Waals surface area contributed by atoms with Crippen molar-refractivity contribution < 1.29 is 0 Å². The molecule has 18 heavy (non-hydrogen) atoms. The van der Waals surface area contributed by atoms with Crippen molar-refractivity contribution in [1.29, 1.82) is 0 Å². The summed E-state index contributed by atoms with van der Waals surface area (Å²) >= 11 is 14.4. The molecule has 1 fully saturated rings. The molecule has 1 saturated heterocycles. The van der Waals surface area contributed by atoms with Crippen molar-refractivity contribution in [3.63, 3.8) is 0 Å². The molecule has 1 aromatic rings. The van der Waals surface area contributed by atoms with Crippen LogP contribution in [0.25, 0.3) is 0 Å². The molecule has 100 valence electrons. The monoisotopic (exact) mass is 303 g/mol. The zero-order valence-electron chi connectivity index (χ0n) is 10.6. The van der Waals surface area contributed by atoms with E-state index in [2.05, 4.69) is 23.1 Å². The summed E-state index contributed by atoms with van der Waals surface area (Å²) in [5.41, 5.74) is 1.15. The van der Waals surface area contributed by atoms with E-state index in [4.69, 9.17) is 23.2 Å². The average molecular weight is 304 g/mol. The lowest BCUT2D eigenvalue weighted by Crippen LogP contribution is -2.39. The summed E-state index contributed by atoms with van der Waals surface area (Å²) in [6, 6.07) is 6.37. The Balaban J connectivity index is 2.07. The molecule has 0 amide bonds. The Labute approximate surface area is 124 Å². The first-order valence-electron chi connectivity index (χ1n) is 6.44. The highest BCUT2D eigenvalue weighted by Crippen LogP contribution is 2.31. The average Bonchev–Trinajstić information content (AvgIpc) is 2.41. The molecule has 2 rings (SSSR count). The van der Waals surface area contributed by atoms with Crippen LogP contribution >= 0.6 is 35.0 Å². The van der Waals surface area contributed by atoms with Gasteiger partial charge in [0.25, 0.3) is 0 Å². The van der Waals surface area contributed by atoms with E-state index in [1.165, 1.54) is 25.0 Å². The van der Waals surface area contributed by atoms with Crippen LogP contribution in [0.15, 0.2) is 18.2 Å². The molecular formula is C14H19Cl2NS. The molecule has 1 aliphatic rings. The maximum atomic E-state index is 6.27. The van der Waals surface area contributed by atoms with Crippen molar-refractivity contribution in [2.24, 2.45) is 0 Å². The van der Waals surface area contributed by atoms with Gasteiger partial charge in [0, 0.05) is 11.3 Å². The van der Waals surface area contributed by atoms with Crippen molar-refractivity contribution >= 4 is 35.0 Å². The van der Waals surface area contributed by atoms with Crippen molar-refractivity contribution in [2.45, 2.75) is 37.0 Å². The lowest BCUT2D eigenvalue weighted by atomic mass is 9.99. The van der Waals surface area contributed by atoms with Gasteiger partial charge in [0.15, 0.2) is 0 Å². The first-order valence-corrected chi connectivity index (χ1v) is 8.24. The molecule has 1 heterocycles. The largest absolute Gasteiger partial charge is 0.316 e. The SMILES string of the molecule is CNC(Cc1cccc(Cl)c1Cl)C1CCCCS1. The predicted octanol–water partition coefficient (Wildman–Crippen LogP) is 4.41. The van der Waals surface area contributed by atoms with Gasteiger partial charge in [-0.1, -0.05) is 41.8 Å². The number of thioether (sulfide) groups is 1. The molecule has 0 spiro atoms. The number of benzene rings is 1. The molecule has 0 aromatic heterocycles. The molecule has 2 atom stereocenters. The second kappa shape index (κ2) is 7.04. The maximum absolute atomic E-state index is 6.27. The second-order valence-electron chi connectivity index (χ2n) is 4.72. The number of rotatable bonds is 4. The van der Waals surface area contributed by atoms with Gasteiger partial charge in [-0.15, -0.1) is 0 Å². The number of halogens is 2. The first kappa shape index (κ1) is 14.5. The third-order valence-electron chi connectivity index (χ3n) is 3.51. The summed E-state index contributed by atoms with van der Waals surface area (Å²) < 4.78 is 0. The second-order valence-corrected chi connectivity index (χ2v) is 6.85. The van der Waals surface area contributed by atoms with E-state index in [0.717, 1.165) is 12.0 Å². The summed E-state index contributed by atoms with van der Waals surface area (Å²) in [4.78, 5) is 0. The zero-order valence-corrected chi connectivity index (χ0v) is 12.9. The van der Waals surface area contributed by atoms with Crippen LogP contribution in [0.1, 0.15) is 24.8 Å². The van der Waals surface area contributed by atoms with E-state index in [1.807, 2.05) is 19.2 Å². The van der Waals surface area contributed by atoms with Gasteiger partial charge in [0.05, 0.1) is 10.0 Å². The Morgan fingerprint density at radius 1 is 1.39 bits per heavy atom. The number of nitrogens with one attached hydrogen (secondary N) is 1. The fourth-order valence-electron chi connectivity index (χ4n) is 2.45. The molecular weight excluding hydrogens is 285 g/mol. The summed E-state index contributed by atoms with van der Waals surface area (Å²) in [5, 5.41) is 5.50. The van der Waals surface area contributed by atoms with Gasteiger partial charge < -0.3 is 5.32 Å². The van der Waals surface area contributed by atoms with Crippen molar-refractivity contribution in [2.75, 3.05) is 12.8 Å². The van der Waals surface area contributed by atoms with Crippen LogP contribution < -0.4 is 5.32 Å². The molecule has 0 aliphatic carbocycles. The Hall–Kier alpha value is 0.110. The number of hydrogen-bond acceptors (Lipinski definition) is 2. The van der Waals surface area contributed by atoms with E-state index >= 15 is 0 Å². The molecule has 0 radical (unpaired) electrons. The van der Waals surface area contributed by atoms with E-state index in [9.17, 15) is 0 Å². The Bertz CT molecular complexity index is 391. The zero-order chi connectivity index (χ0) is 13.0. The van der Waals surface area contributed by atoms with E-state index in [0.29, 0.717) is 21.3 Å². The maximum Gasteiger partial charge on any atom is 0.0624 e. The van der Waals surface area contributed by atoms with Crippen LogP contribution in [-0.2, 0) is 6.42 Å². The van der Waals surface area contributed by atoms with Gasteiger partial charge in [-0.05, 0) is 43.7 Å². The van der Waals surface area contributed by atoms with Gasteiger partial charge in [0.1, 0.15) is 0 Å². The third kappa shape index (κ3) is 3.57. The summed E-state index contributed by atoms with van der Waals surface area (Å²) in [5.74, 6) is 1.28. The minimum Gasteiger partial charge on any atom is -0.316 e. The molecule has 0 saturated carbocycles. The van der Waals surface area contributed by atoms with Gasteiger partial charge in [-0.25, -0.2) is 0 Å². The third-order valence-corrected chi connectivity index (χ3v) is 5.88. The quantitative estimate of drug-likeness (QED) is 0.884. The molecule has 1 aliphatic heterocycles. The summed E-state index contributed by atoms with van der Waals surface area (Å²) in [7, 11) is 2.04. The van der Waals surface area contributed by atoms with Crippen LogP contribution in [0.4, 0.5) is 0 Å². The first-order chi connectivity index (χ1) is 8.72. The van der Waals surface area contributed by atoms with Crippen molar-refractivity contribution in [1.82, 2.24) is 5.32 Å². The smallest absolute Gasteiger partial charge is 0.0624 e. The van der Waals surface area contributed by atoms with Crippen LogP contribution in [0.5, 0.6) is 0 Å². The molecule has 2 unspecified atom stereocenters. The molecule has 4 heteroatoms. The minimum atomic E-state index is 0.478. The topological polar surface area (TPSA) is 12.0 Å². The predicted molar refractivity (Wildman–Crippen MR) is 83.1 cm³/mol. The molecule has 1 nitrogen and oxygen atoms in total. The van der Waals surface area contributed by atoms with Crippen molar-refractivity contribution in [3.05, 3.63) is 33.8 Å². The van der Waals surface area contributed by atoms with Gasteiger partial charge >= 0.3 is 0 Å². The highest BCUT2D eigenvalue weighted by atomic mass is 35.5. The van der Waals surface area contributed by atoms with Crippen LogP contribution in [0.2, 0.25) is 10.0 Å². The Morgan fingerprint density at radius 2 is 2.22 bits per heavy atom. The van der Waals surface area contributed by atoms with Gasteiger partial charge in [-0.2, -0.15) is 11.8 Å². The lowest BCUT2D eigenvalue weighted by molar-refractivity contribution is 0.495. The van der Waals surface area contributed by atoms with Gasteiger partial charge in [0.2, 0.25) is 0 Å². The van der Waals surface area contributed by atoms with E-state index < -0.39 is 0 Å². The number of likely N-dealkylation sites (N-methyl/N-ethyl adjacent to an activating group) is 1. The van der Waals surface area contributed by atoms with Gasteiger partial charge in [-0.3, -0.25) is 0 Å². The van der Waals surface area contributed by atoms with Crippen LogP contribution in [0, 0.1) is 0 Å². The van der Waals surface area contributed by atoms with Crippen LogP contribution in [0.3, 0.4) is 0 Å².